The fraction of sp³-hybridized carbons (Fsp3) is 0.174. The number of benzene rings is 2. The number of hydrogen-bond acceptors (Lipinski definition) is 6. The van der Waals surface area contributed by atoms with Crippen LogP contribution in [0.25, 0.3) is 22.3 Å². The van der Waals surface area contributed by atoms with Crippen LogP contribution in [0, 0.1) is 6.92 Å². The maximum atomic E-state index is 5.47. The molecule has 2 aromatic carbocycles. The Morgan fingerprint density at radius 3 is 2.34 bits per heavy atom. The molecule has 0 atom stereocenters. The van der Waals surface area contributed by atoms with E-state index in [0.717, 1.165) is 28.0 Å². The molecule has 6 heteroatoms. The van der Waals surface area contributed by atoms with Crippen LogP contribution in [-0.4, -0.2) is 29.2 Å². The minimum Gasteiger partial charge on any atom is -0.493 e. The molecular formula is C23H22N4O2. The zero-order chi connectivity index (χ0) is 20.2. The van der Waals surface area contributed by atoms with E-state index < -0.39 is 0 Å². The molecule has 1 N–H and O–H groups in total. The molecule has 0 radical (unpaired) electrons. The molecule has 0 saturated heterocycles. The van der Waals surface area contributed by atoms with E-state index in [-0.39, 0.29) is 0 Å². The Bertz CT molecular complexity index is 1130. The van der Waals surface area contributed by atoms with Crippen molar-refractivity contribution in [1.29, 1.82) is 0 Å². The molecule has 6 nitrogen and oxygen atoms in total. The van der Waals surface area contributed by atoms with E-state index in [1.54, 1.807) is 20.4 Å². The summed E-state index contributed by atoms with van der Waals surface area (Å²) in [7, 11) is 3.23. The van der Waals surface area contributed by atoms with E-state index in [0.29, 0.717) is 23.9 Å². The molecular weight excluding hydrogens is 364 g/mol. The Labute approximate surface area is 169 Å². The SMILES string of the molecule is COc1cc2nc(-c3ccc(C)cc3)nc(NCc3ccccn3)c2cc1OC. The van der Waals surface area contributed by atoms with Crippen molar-refractivity contribution >= 4 is 16.7 Å². The van der Waals surface area contributed by atoms with Crippen LogP contribution < -0.4 is 14.8 Å². The van der Waals surface area contributed by atoms with Crippen molar-refractivity contribution in [3.63, 3.8) is 0 Å². The average Bonchev–Trinajstić information content (AvgIpc) is 2.77. The molecule has 0 fully saturated rings. The van der Waals surface area contributed by atoms with Gasteiger partial charge in [-0.05, 0) is 25.1 Å². The zero-order valence-corrected chi connectivity index (χ0v) is 16.6. The molecule has 0 aliphatic carbocycles. The summed E-state index contributed by atoms with van der Waals surface area (Å²) in [5, 5.41) is 4.26. The monoisotopic (exact) mass is 386 g/mol. The predicted molar refractivity (Wildman–Crippen MR) is 114 cm³/mol. The molecule has 0 aliphatic rings. The number of aryl methyl sites for hydroxylation is 1. The highest BCUT2D eigenvalue weighted by atomic mass is 16.5. The van der Waals surface area contributed by atoms with Crippen LogP contribution in [0.3, 0.4) is 0 Å². The van der Waals surface area contributed by atoms with Gasteiger partial charge in [0.25, 0.3) is 0 Å². The van der Waals surface area contributed by atoms with Gasteiger partial charge in [-0.3, -0.25) is 4.98 Å². The van der Waals surface area contributed by atoms with Gasteiger partial charge in [-0.1, -0.05) is 35.9 Å². The van der Waals surface area contributed by atoms with Gasteiger partial charge in [0.1, 0.15) is 5.82 Å². The molecule has 0 aliphatic heterocycles. The lowest BCUT2D eigenvalue weighted by atomic mass is 10.1. The molecule has 0 amide bonds. The molecule has 146 valence electrons. The first-order chi connectivity index (χ1) is 14.2. The number of nitrogens with one attached hydrogen (secondary N) is 1. The molecule has 4 rings (SSSR count). The number of anilines is 1. The minimum absolute atomic E-state index is 0.550. The van der Waals surface area contributed by atoms with Crippen LogP contribution in [0.5, 0.6) is 11.5 Å². The van der Waals surface area contributed by atoms with Gasteiger partial charge < -0.3 is 14.8 Å². The Morgan fingerprint density at radius 2 is 1.66 bits per heavy atom. The normalized spacial score (nSPS) is 10.7. The smallest absolute Gasteiger partial charge is 0.162 e. The summed E-state index contributed by atoms with van der Waals surface area (Å²) < 4.78 is 10.9. The van der Waals surface area contributed by atoms with Crippen molar-refractivity contribution in [3.05, 3.63) is 72.1 Å². The Hall–Kier alpha value is -3.67. The minimum atomic E-state index is 0.550. The van der Waals surface area contributed by atoms with Gasteiger partial charge in [-0.2, -0.15) is 0 Å². The number of methoxy groups -OCH3 is 2. The number of rotatable bonds is 6. The number of nitrogens with zero attached hydrogens (tertiary/aromatic N) is 3. The molecule has 0 unspecified atom stereocenters. The number of hydrogen-bond donors (Lipinski definition) is 1. The lowest BCUT2D eigenvalue weighted by molar-refractivity contribution is 0.356. The summed E-state index contributed by atoms with van der Waals surface area (Å²) >= 11 is 0. The van der Waals surface area contributed by atoms with Gasteiger partial charge in [0, 0.05) is 23.2 Å². The van der Waals surface area contributed by atoms with Crippen molar-refractivity contribution < 1.29 is 9.47 Å². The highest BCUT2D eigenvalue weighted by Gasteiger charge is 2.14. The van der Waals surface area contributed by atoms with Crippen molar-refractivity contribution in [2.75, 3.05) is 19.5 Å². The Morgan fingerprint density at radius 1 is 0.897 bits per heavy atom. The quantitative estimate of drug-likeness (QED) is 0.521. The molecule has 4 aromatic rings. The van der Waals surface area contributed by atoms with Gasteiger partial charge in [0.2, 0.25) is 0 Å². The van der Waals surface area contributed by atoms with Gasteiger partial charge in [-0.15, -0.1) is 0 Å². The van der Waals surface area contributed by atoms with Gasteiger partial charge in [-0.25, -0.2) is 9.97 Å². The topological polar surface area (TPSA) is 69.2 Å². The maximum absolute atomic E-state index is 5.47. The number of ether oxygens (including phenoxy) is 2. The third-order valence-corrected chi connectivity index (χ3v) is 4.67. The van der Waals surface area contributed by atoms with E-state index in [4.69, 9.17) is 19.4 Å². The average molecular weight is 386 g/mol. The second-order valence-electron chi connectivity index (χ2n) is 6.66. The van der Waals surface area contributed by atoms with Crippen molar-refractivity contribution in [3.8, 4) is 22.9 Å². The number of fused-ring (bicyclic) bond motifs is 1. The fourth-order valence-corrected chi connectivity index (χ4v) is 3.10. The second-order valence-corrected chi connectivity index (χ2v) is 6.66. The highest BCUT2D eigenvalue weighted by Crippen LogP contribution is 2.35. The van der Waals surface area contributed by atoms with E-state index in [2.05, 4.69) is 29.4 Å². The summed E-state index contributed by atoms with van der Waals surface area (Å²) in [6.07, 6.45) is 1.78. The highest BCUT2D eigenvalue weighted by molar-refractivity contribution is 5.93. The second kappa shape index (κ2) is 8.14. The maximum Gasteiger partial charge on any atom is 0.162 e. The largest absolute Gasteiger partial charge is 0.493 e. The predicted octanol–water partition coefficient (Wildman–Crippen LogP) is 4.63. The third kappa shape index (κ3) is 3.96. The van der Waals surface area contributed by atoms with E-state index in [9.17, 15) is 0 Å². The number of pyridine rings is 1. The molecule has 0 bridgehead atoms. The Balaban J connectivity index is 1.83. The van der Waals surface area contributed by atoms with Crippen molar-refractivity contribution in [1.82, 2.24) is 15.0 Å². The number of aromatic nitrogens is 3. The first-order valence-corrected chi connectivity index (χ1v) is 9.32. The van der Waals surface area contributed by atoms with E-state index in [1.165, 1.54) is 5.56 Å². The fourth-order valence-electron chi connectivity index (χ4n) is 3.10. The van der Waals surface area contributed by atoms with Crippen LogP contribution in [-0.2, 0) is 6.54 Å². The Kier molecular flexibility index (Phi) is 5.24. The summed E-state index contributed by atoms with van der Waals surface area (Å²) in [5.41, 5.74) is 3.84. The lowest BCUT2D eigenvalue weighted by Gasteiger charge is -2.14. The van der Waals surface area contributed by atoms with Crippen LogP contribution in [0.1, 0.15) is 11.3 Å². The van der Waals surface area contributed by atoms with E-state index in [1.807, 2.05) is 42.5 Å². The summed E-state index contributed by atoms with van der Waals surface area (Å²) in [5.74, 6) is 2.63. The van der Waals surface area contributed by atoms with Crippen LogP contribution in [0.15, 0.2) is 60.8 Å². The van der Waals surface area contributed by atoms with Crippen LogP contribution in [0.4, 0.5) is 5.82 Å². The van der Waals surface area contributed by atoms with Gasteiger partial charge in [0.15, 0.2) is 17.3 Å². The first-order valence-electron chi connectivity index (χ1n) is 9.32. The van der Waals surface area contributed by atoms with Crippen LogP contribution in [0.2, 0.25) is 0 Å². The molecule has 2 heterocycles. The third-order valence-electron chi connectivity index (χ3n) is 4.67. The van der Waals surface area contributed by atoms with Crippen LogP contribution >= 0.6 is 0 Å². The van der Waals surface area contributed by atoms with E-state index >= 15 is 0 Å². The first kappa shape index (κ1) is 18.7. The zero-order valence-electron chi connectivity index (χ0n) is 16.6. The lowest BCUT2D eigenvalue weighted by Crippen LogP contribution is -2.06. The van der Waals surface area contributed by atoms with Crippen molar-refractivity contribution in [2.24, 2.45) is 0 Å². The molecule has 0 spiro atoms. The van der Waals surface area contributed by atoms with Gasteiger partial charge in [0.05, 0.1) is 32.0 Å². The van der Waals surface area contributed by atoms with Gasteiger partial charge >= 0.3 is 0 Å². The molecule has 29 heavy (non-hydrogen) atoms. The summed E-state index contributed by atoms with van der Waals surface area (Å²) in [6.45, 7) is 2.61. The summed E-state index contributed by atoms with van der Waals surface area (Å²) in [4.78, 5) is 13.9. The summed E-state index contributed by atoms with van der Waals surface area (Å²) in [6, 6.07) is 17.8. The molecule has 0 saturated carbocycles. The molecule has 2 aromatic heterocycles. The van der Waals surface area contributed by atoms with Crippen molar-refractivity contribution in [2.45, 2.75) is 13.5 Å². The standard InChI is InChI=1S/C23H22N4O2/c1-15-7-9-16(10-8-15)22-26-19-13-21(29-3)20(28-2)12-18(19)23(27-22)25-14-17-6-4-5-11-24-17/h4-13H,14H2,1-3H3,(H,25,26,27).